The van der Waals surface area contributed by atoms with Gasteiger partial charge in [0.05, 0.1) is 6.54 Å². The van der Waals surface area contributed by atoms with Gasteiger partial charge in [0.1, 0.15) is 6.61 Å². The Morgan fingerprint density at radius 1 is 1.20 bits per heavy atom. The Morgan fingerprint density at radius 2 is 1.75 bits per heavy atom. The molecule has 20 heavy (non-hydrogen) atoms. The van der Waals surface area contributed by atoms with E-state index < -0.39 is 11.5 Å². The molecule has 0 atom stereocenters. The number of carbonyl (C=O) groups is 2. The molecule has 0 unspecified atom stereocenters. The molecule has 0 bridgehead atoms. The number of anilines is 1. The van der Waals surface area contributed by atoms with Crippen LogP contribution >= 0.6 is 0 Å². The Bertz CT molecular complexity index is 475. The van der Waals surface area contributed by atoms with Gasteiger partial charge < -0.3 is 15.4 Å². The minimum absolute atomic E-state index is 0.00978. The molecule has 2 N–H and O–H groups in total. The summed E-state index contributed by atoms with van der Waals surface area (Å²) in [5.74, 6) is -0.00978. The highest BCUT2D eigenvalue weighted by Crippen LogP contribution is 2.15. The number of hydrogen-bond donors (Lipinski definition) is 1. The summed E-state index contributed by atoms with van der Waals surface area (Å²) >= 11 is 0. The molecular formula is C15H22N2O3. The van der Waals surface area contributed by atoms with Gasteiger partial charge in [0.2, 0.25) is 0 Å². The minimum Gasteiger partial charge on any atom is -0.445 e. The van der Waals surface area contributed by atoms with Crippen LogP contribution in [0, 0.1) is 5.41 Å². The van der Waals surface area contributed by atoms with E-state index in [-0.39, 0.29) is 18.9 Å². The van der Waals surface area contributed by atoms with Gasteiger partial charge in [-0.3, -0.25) is 4.79 Å². The number of rotatable bonds is 4. The van der Waals surface area contributed by atoms with E-state index in [1.807, 2.05) is 20.8 Å². The van der Waals surface area contributed by atoms with Crippen LogP contribution in [0.2, 0.25) is 0 Å². The average molecular weight is 278 g/mol. The van der Waals surface area contributed by atoms with Crippen molar-refractivity contribution in [2.24, 2.45) is 5.41 Å². The quantitative estimate of drug-likeness (QED) is 0.859. The lowest BCUT2D eigenvalue weighted by Gasteiger charge is -2.22. The van der Waals surface area contributed by atoms with E-state index in [1.54, 1.807) is 31.3 Å². The average Bonchev–Trinajstić information content (AvgIpc) is 2.36. The molecule has 0 fully saturated rings. The van der Waals surface area contributed by atoms with Crippen LogP contribution in [0.1, 0.15) is 26.3 Å². The highest BCUT2D eigenvalue weighted by molar-refractivity contribution is 5.87. The van der Waals surface area contributed by atoms with Crippen LogP contribution in [0.3, 0.4) is 0 Å². The number of ether oxygens (including phenoxy) is 1. The van der Waals surface area contributed by atoms with E-state index in [1.165, 1.54) is 4.90 Å². The molecular weight excluding hydrogens is 256 g/mol. The number of benzene rings is 1. The van der Waals surface area contributed by atoms with Crippen molar-refractivity contribution in [2.75, 3.05) is 19.3 Å². The zero-order chi connectivity index (χ0) is 15.3. The van der Waals surface area contributed by atoms with Gasteiger partial charge in [0, 0.05) is 18.2 Å². The Balaban J connectivity index is 2.46. The molecule has 0 aliphatic rings. The summed E-state index contributed by atoms with van der Waals surface area (Å²) in [4.78, 5) is 24.9. The number of carbonyl (C=O) groups excluding carboxylic acids is 2. The van der Waals surface area contributed by atoms with E-state index in [0.717, 1.165) is 5.56 Å². The van der Waals surface area contributed by atoms with E-state index in [4.69, 9.17) is 10.5 Å². The van der Waals surface area contributed by atoms with Crippen LogP contribution in [-0.2, 0) is 16.1 Å². The number of Topliss-reactive ketones (excluding diaryl/α,β-unsaturated/α-hetero) is 1. The first kappa shape index (κ1) is 16.0. The number of amides is 1. The molecule has 0 saturated carbocycles. The van der Waals surface area contributed by atoms with Crippen molar-refractivity contribution in [1.29, 1.82) is 0 Å². The number of hydrogen-bond acceptors (Lipinski definition) is 4. The molecule has 5 nitrogen and oxygen atoms in total. The molecule has 0 aromatic heterocycles. The van der Waals surface area contributed by atoms with Crippen molar-refractivity contribution >= 4 is 17.6 Å². The molecule has 0 heterocycles. The van der Waals surface area contributed by atoms with Gasteiger partial charge in [-0.25, -0.2) is 4.79 Å². The number of nitrogens with zero attached hydrogens (tertiary/aromatic N) is 1. The molecule has 1 aromatic rings. The van der Waals surface area contributed by atoms with Gasteiger partial charge in [0.15, 0.2) is 5.78 Å². The van der Waals surface area contributed by atoms with E-state index in [2.05, 4.69) is 0 Å². The number of ketones is 1. The summed E-state index contributed by atoms with van der Waals surface area (Å²) in [7, 11) is 1.55. The number of nitrogen functional groups attached to an aromatic ring is 1. The third-order valence-electron chi connectivity index (χ3n) is 2.87. The van der Waals surface area contributed by atoms with Gasteiger partial charge in [-0.15, -0.1) is 0 Å². The molecule has 1 amide bonds. The van der Waals surface area contributed by atoms with Crippen molar-refractivity contribution < 1.29 is 14.3 Å². The fraction of sp³-hybridized carbons (Fsp3) is 0.467. The van der Waals surface area contributed by atoms with Crippen LogP contribution < -0.4 is 5.73 Å². The standard InChI is InChI=1S/C15H22N2O3/c1-15(2,3)13(18)9-17(4)14(19)20-10-11-5-7-12(16)8-6-11/h5-8H,9-10,16H2,1-4H3. The summed E-state index contributed by atoms with van der Waals surface area (Å²) in [5.41, 5.74) is 6.62. The molecule has 1 rings (SSSR count). The van der Waals surface area contributed by atoms with Gasteiger partial charge in [-0.1, -0.05) is 32.9 Å². The van der Waals surface area contributed by atoms with Crippen LogP contribution in [-0.4, -0.2) is 30.4 Å². The predicted molar refractivity (Wildman–Crippen MR) is 78.1 cm³/mol. The third-order valence-corrected chi connectivity index (χ3v) is 2.87. The number of nitrogens with two attached hydrogens (primary N) is 1. The second kappa shape index (κ2) is 6.41. The summed E-state index contributed by atoms with van der Waals surface area (Å²) in [6.07, 6.45) is -0.514. The maximum atomic E-state index is 11.8. The molecule has 0 aliphatic carbocycles. The lowest BCUT2D eigenvalue weighted by molar-refractivity contribution is -0.126. The largest absolute Gasteiger partial charge is 0.445 e. The monoisotopic (exact) mass is 278 g/mol. The highest BCUT2D eigenvalue weighted by atomic mass is 16.6. The van der Waals surface area contributed by atoms with Crippen LogP contribution in [0.5, 0.6) is 0 Å². The van der Waals surface area contributed by atoms with Crippen molar-refractivity contribution in [2.45, 2.75) is 27.4 Å². The maximum Gasteiger partial charge on any atom is 0.410 e. The molecule has 0 radical (unpaired) electrons. The van der Waals surface area contributed by atoms with Crippen molar-refractivity contribution in [3.05, 3.63) is 29.8 Å². The summed E-state index contributed by atoms with van der Waals surface area (Å²) in [5, 5.41) is 0. The molecule has 0 saturated heterocycles. The first-order valence-corrected chi connectivity index (χ1v) is 6.46. The fourth-order valence-electron chi connectivity index (χ4n) is 1.39. The minimum atomic E-state index is -0.514. The van der Waals surface area contributed by atoms with Gasteiger partial charge in [-0.05, 0) is 17.7 Å². The predicted octanol–water partition coefficient (Wildman–Crippen LogP) is 2.45. The van der Waals surface area contributed by atoms with Crippen LogP contribution in [0.15, 0.2) is 24.3 Å². The highest BCUT2D eigenvalue weighted by Gasteiger charge is 2.24. The zero-order valence-corrected chi connectivity index (χ0v) is 12.5. The molecule has 0 aliphatic heterocycles. The first-order chi connectivity index (χ1) is 9.20. The summed E-state index contributed by atoms with van der Waals surface area (Å²) in [6.45, 7) is 5.67. The Hall–Kier alpha value is -2.04. The van der Waals surface area contributed by atoms with Crippen molar-refractivity contribution in [3.8, 4) is 0 Å². The Morgan fingerprint density at radius 3 is 2.25 bits per heavy atom. The van der Waals surface area contributed by atoms with Gasteiger partial charge >= 0.3 is 6.09 Å². The van der Waals surface area contributed by atoms with Crippen molar-refractivity contribution in [3.63, 3.8) is 0 Å². The lowest BCUT2D eigenvalue weighted by atomic mass is 9.91. The molecule has 1 aromatic carbocycles. The van der Waals surface area contributed by atoms with E-state index in [0.29, 0.717) is 5.69 Å². The zero-order valence-electron chi connectivity index (χ0n) is 12.5. The smallest absolute Gasteiger partial charge is 0.410 e. The van der Waals surface area contributed by atoms with Gasteiger partial charge in [0.25, 0.3) is 0 Å². The maximum absolute atomic E-state index is 11.8. The Kier molecular flexibility index (Phi) is 5.13. The lowest BCUT2D eigenvalue weighted by Crippen LogP contribution is -2.37. The molecule has 5 heteroatoms. The van der Waals surface area contributed by atoms with Crippen LogP contribution in [0.25, 0.3) is 0 Å². The molecule has 0 spiro atoms. The van der Waals surface area contributed by atoms with Crippen molar-refractivity contribution in [1.82, 2.24) is 4.90 Å². The molecule has 110 valence electrons. The summed E-state index contributed by atoms with van der Waals surface area (Å²) < 4.78 is 5.14. The summed E-state index contributed by atoms with van der Waals surface area (Å²) in [6, 6.07) is 7.08. The van der Waals surface area contributed by atoms with Gasteiger partial charge in [-0.2, -0.15) is 0 Å². The topological polar surface area (TPSA) is 72.6 Å². The fourth-order valence-corrected chi connectivity index (χ4v) is 1.39. The third kappa shape index (κ3) is 4.91. The number of likely N-dealkylation sites (N-methyl/N-ethyl adjacent to an activating group) is 1. The van der Waals surface area contributed by atoms with E-state index in [9.17, 15) is 9.59 Å². The second-order valence-corrected chi connectivity index (χ2v) is 5.83. The first-order valence-electron chi connectivity index (χ1n) is 6.46. The second-order valence-electron chi connectivity index (χ2n) is 5.83. The van der Waals surface area contributed by atoms with E-state index >= 15 is 0 Å². The van der Waals surface area contributed by atoms with Crippen LogP contribution in [0.4, 0.5) is 10.5 Å². The SMILES string of the molecule is CN(CC(=O)C(C)(C)C)C(=O)OCc1ccc(N)cc1. The Labute approximate surface area is 119 Å². The normalized spacial score (nSPS) is 11.0.